The minimum Gasteiger partial charge on any atom is -0.445 e. The summed E-state index contributed by atoms with van der Waals surface area (Å²) in [6, 6.07) is 9.83. The quantitative estimate of drug-likeness (QED) is 0.724. The molecule has 0 spiro atoms. The molecule has 122 valence electrons. The number of hydrogen-bond donors (Lipinski definition) is 0. The Bertz CT molecular complexity index is 484. The summed E-state index contributed by atoms with van der Waals surface area (Å²) in [7, 11) is 0. The molecule has 1 aliphatic rings. The number of amides is 1. The summed E-state index contributed by atoms with van der Waals surface area (Å²) in [5, 5.41) is 0.933. The van der Waals surface area contributed by atoms with E-state index in [1.807, 2.05) is 35.2 Å². The van der Waals surface area contributed by atoms with Crippen molar-refractivity contribution in [1.29, 1.82) is 0 Å². The van der Waals surface area contributed by atoms with Crippen molar-refractivity contribution in [2.24, 2.45) is 17.3 Å². The molecule has 1 saturated heterocycles. The van der Waals surface area contributed by atoms with Crippen LogP contribution in [0.15, 0.2) is 30.3 Å². The fraction of sp³-hybridized carbons (Fsp3) is 0.611. The van der Waals surface area contributed by atoms with E-state index in [2.05, 4.69) is 36.7 Å². The summed E-state index contributed by atoms with van der Waals surface area (Å²) in [6.07, 6.45) is 0.973. The first-order valence-electron chi connectivity index (χ1n) is 7.91. The lowest BCUT2D eigenvalue weighted by atomic mass is 9.74. The molecule has 2 atom stereocenters. The average molecular weight is 368 g/mol. The zero-order valence-corrected chi connectivity index (χ0v) is 15.3. The smallest absolute Gasteiger partial charge is 0.410 e. The Hall–Kier alpha value is -1.03. The van der Waals surface area contributed by atoms with Crippen LogP contribution in [0.1, 0.15) is 32.8 Å². The Labute approximate surface area is 142 Å². The first kappa shape index (κ1) is 17.3. The van der Waals surface area contributed by atoms with Crippen LogP contribution in [0.2, 0.25) is 0 Å². The van der Waals surface area contributed by atoms with Crippen LogP contribution in [0.5, 0.6) is 0 Å². The molecule has 0 unspecified atom stereocenters. The third-order valence-corrected chi connectivity index (χ3v) is 5.36. The van der Waals surface area contributed by atoms with E-state index in [1.54, 1.807) is 0 Å². The second kappa shape index (κ2) is 7.49. The number of carbonyl (C=O) groups is 1. The Morgan fingerprint density at radius 3 is 2.55 bits per heavy atom. The fourth-order valence-corrected chi connectivity index (χ4v) is 3.37. The predicted octanol–water partition coefficient (Wildman–Crippen LogP) is 4.70. The molecule has 3 nitrogen and oxygen atoms in total. The van der Waals surface area contributed by atoms with Crippen LogP contribution < -0.4 is 0 Å². The SMILES string of the molecule is CC(C)(C)[C@@H]1C[C@H](CBr)CN(C(=O)OCc2ccccc2)C1. The third-order valence-electron chi connectivity index (χ3n) is 4.44. The lowest BCUT2D eigenvalue weighted by molar-refractivity contribution is 0.0435. The molecule has 0 aromatic heterocycles. The van der Waals surface area contributed by atoms with E-state index in [4.69, 9.17) is 4.74 Å². The molecule has 0 bridgehead atoms. The summed E-state index contributed by atoms with van der Waals surface area (Å²) in [4.78, 5) is 14.3. The number of carbonyl (C=O) groups excluding carboxylic acids is 1. The van der Waals surface area contributed by atoms with E-state index in [9.17, 15) is 4.79 Å². The maximum atomic E-state index is 12.4. The largest absolute Gasteiger partial charge is 0.445 e. The highest BCUT2D eigenvalue weighted by atomic mass is 79.9. The Morgan fingerprint density at radius 1 is 1.27 bits per heavy atom. The van der Waals surface area contributed by atoms with Gasteiger partial charge >= 0.3 is 6.09 Å². The van der Waals surface area contributed by atoms with Gasteiger partial charge in [0.25, 0.3) is 0 Å². The Morgan fingerprint density at radius 2 is 1.95 bits per heavy atom. The van der Waals surface area contributed by atoms with Crippen LogP contribution >= 0.6 is 15.9 Å². The van der Waals surface area contributed by atoms with Crippen LogP contribution in [0.4, 0.5) is 4.79 Å². The van der Waals surface area contributed by atoms with E-state index >= 15 is 0 Å². The number of benzene rings is 1. The van der Waals surface area contributed by atoms with Crippen molar-refractivity contribution in [2.45, 2.75) is 33.8 Å². The van der Waals surface area contributed by atoms with E-state index < -0.39 is 0 Å². The number of ether oxygens (including phenoxy) is 1. The van der Waals surface area contributed by atoms with Crippen molar-refractivity contribution in [3.8, 4) is 0 Å². The summed E-state index contributed by atoms with van der Waals surface area (Å²) in [5.41, 5.74) is 1.23. The number of rotatable bonds is 3. The molecule has 0 N–H and O–H groups in total. The van der Waals surface area contributed by atoms with Gasteiger partial charge in [0.2, 0.25) is 0 Å². The minimum absolute atomic E-state index is 0.191. The van der Waals surface area contributed by atoms with Crippen molar-refractivity contribution >= 4 is 22.0 Å². The van der Waals surface area contributed by atoms with E-state index in [0.717, 1.165) is 30.4 Å². The molecule has 1 fully saturated rings. The van der Waals surface area contributed by atoms with Gasteiger partial charge in [-0.25, -0.2) is 4.79 Å². The van der Waals surface area contributed by atoms with Crippen molar-refractivity contribution in [1.82, 2.24) is 4.90 Å². The summed E-state index contributed by atoms with van der Waals surface area (Å²) < 4.78 is 5.49. The van der Waals surface area contributed by atoms with Gasteiger partial charge in [-0.1, -0.05) is 67.0 Å². The molecule has 1 heterocycles. The summed E-state index contributed by atoms with van der Waals surface area (Å²) in [6.45, 7) is 8.67. The maximum absolute atomic E-state index is 12.4. The van der Waals surface area contributed by atoms with Gasteiger partial charge in [0.05, 0.1) is 0 Å². The molecule has 0 radical (unpaired) electrons. The van der Waals surface area contributed by atoms with Crippen molar-refractivity contribution in [3.05, 3.63) is 35.9 Å². The van der Waals surface area contributed by atoms with Crippen molar-refractivity contribution < 1.29 is 9.53 Å². The van der Waals surface area contributed by atoms with Gasteiger partial charge in [-0.15, -0.1) is 0 Å². The van der Waals surface area contributed by atoms with Crippen molar-refractivity contribution in [2.75, 3.05) is 18.4 Å². The lowest BCUT2D eigenvalue weighted by Crippen LogP contribution is -2.47. The molecule has 1 amide bonds. The van der Waals surface area contributed by atoms with Gasteiger partial charge in [0, 0.05) is 18.4 Å². The number of halogens is 1. The summed E-state index contributed by atoms with van der Waals surface area (Å²) >= 11 is 3.58. The van der Waals surface area contributed by atoms with Crippen molar-refractivity contribution in [3.63, 3.8) is 0 Å². The molecule has 4 heteroatoms. The number of nitrogens with zero attached hydrogens (tertiary/aromatic N) is 1. The van der Waals surface area contributed by atoms with Gasteiger partial charge in [-0.2, -0.15) is 0 Å². The minimum atomic E-state index is -0.191. The lowest BCUT2D eigenvalue weighted by Gasteiger charge is -2.42. The van der Waals surface area contributed by atoms with Crippen LogP contribution in [0.25, 0.3) is 0 Å². The average Bonchev–Trinajstić information content (AvgIpc) is 2.52. The maximum Gasteiger partial charge on any atom is 0.410 e. The molecular formula is C18H26BrNO2. The second-order valence-electron chi connectivity index (χ2n) is 7.26. The molecule has 0 saturated carbocycles. The molecule has 22 heavy (non-hydrogen) atoms. The standard InChI is InChI=1S/C18H26BrNO2/c1-18(2,3)16-9-15(10-19)11-20(12-16)17(21)22-13-14-7-5-4-6-8-14/h4-8,15-16H,9-13H2,1-3H3/t15-,16-/m1/s1. The summed E-state index contributed by atoms with van der Waals surface area (Å²) in [5.74, 6) is 1.01. The fourth-order valence-electron chi connectivity index (χ4n) is 2.90. The van der Waals surface area contributed by atoms with E-state index in [0.29, 0.717) is 18.4 Å². The Kier molecular flexibility index (Phi) is 5.90. The van der Waals surface area contributed by atoms with Gasteiger partial charge in [0.1, 0.15) is 6.61 Å². The highest BCUT2D eigenvalue weighted by Gasteiger charge is 2.36. The molecule has 2 rings (SSSR count). The van der Waals surface area contributed by atoms with Gasteiger partial charge in [-0.3, -0.25) is 0 Å². The van der Waals surface area contributed by atoms with Gasteiger partial charge in [-0.05, 0) is 29.2 Å². The van der Waals surface area contributed by atoms with Crippen LogP contribution in [0, 0.1) is 17.3 Å². The molecule has 1 aromatic carbocycles. The monoisotopic (exact) mass is 367 g/mol. The molecular weight excluding hydrogens is 342 g/mol. The van der Waals surface area contributed by atoms with Gasteiger partial charge in [0.15, 0.2) is 0 Å². The highest BCUT2D eigenvalue weighted by Crippen LogP contribution is 2.36. The first-order chi connectivity index (χ1) is 10.4. The zero-order valence-electron chi connectivity index (χ0n) is 13.7. The first-order valence-corrected chi connectivity index (χ1v) is 9.04. The second-order valence-corrected chi connectivity index (χ2v) is 7.91. The normalized spacial score (nSPS) is 22.5. The number of alkyl halides is 1. The molecule has 0 aliphatic carbocycles. The molecule has 1 aliphatic heterocycles. The number of hydrogen-bond acceptors (Lipinski definition) is 2. The topological polar surface area (TPSA) is 29.5 Å². The van der Waals surface area contributed by atoms with Gasteiger partial charge < -0.3 is 9.64 Å². The van der Waals surface area contributed by atoms with Crippen LogP contribution in [-0.2, 0) is 11.3 Å². The Balaban J connectivity index is 1.95. The number of piperidine rings is 1. The van der Waals surface area contributed by atoms with E-state index in [-0.39, 0.29) is 11.5 Å². The van der Waals surface area contributed by atoms with Crippen LogP contribution in [0.3, 0.4) is 0 Å². The third kappa shape index (κ3) is 4.73. The highest BCUT2D eigenvalue weighted by molar-refractivity contribution is 9.09. The number of likely N-dealkylation sites (tertiary alicyclic amines) is 1. The van der Waals surface area contributed by atoms with E-state index in [1.165, 1.54) is 0 Å². The van der Waals surface area contributed by atoms with Crippen LogP contribution in [-0.4, -0.2) is 29.4 Å². The molecule has 1 aromatic rings. The zero-order chi connectivity index (χ0) is 16.2. The predicted molar refractivity (Wildman–Crippen MR) is 93.0 cm³/mol.